The first kappa shape index (κ1) is 15.4. The highest BCUT2D eigenvalue weighted by Crippen LogP contribution is 2.34. The van der Waals surface area contributed by atoms with Gasteiger partial charge in [-0.15, -0.1) is 10.2 Å². The standard InChI is InChI=1S/C14H16N2O4S/c1-8(17)9(2)21-14-16-15-13(20-14)11-6-5-10(18-3)7-12(11)19-4/h5-7,9H,1-4H3/t9-/m1/s1. The van der Waals surface area contributed by atoms with E-state index in [1.807, 2.05) is 0 Å². The van der Waals surface area contributed by atoms with Gasteiger partial charge < -0.3 is 13.9 Å². The van der Waals surface area contributed by atoms with Crippen molar-refractivity contribution < 1.29 is 18.7 Å². The second-order valence-electron chi connectivity index (χ2n) is 4.31. The van der Waals surface area contributed by atoms with E-state index in [-0.39, 0.29) is 11.0 Å². The quantitative estimate of drug-likeness (QED) is 0.759. The molecule has 0 unspecified atom stereocenters. The molecule has 7 heteroatoms. The molecule has 1 aromatic carbocycles. The number of hydrogen-bond donors (Lipinski definition) is 0. The van der Waals surface area contributed by atoms with Gasteiger partial charge in [0.2, 0.25) is 0 Å². The SMILES string of the molecule is COc1ccc(-c2nnc(S[C@H](C)C(C)=O)o2)c(OC)c1. The van der Waals surface area contributed by atoms with Crippen LogP contribution in [0.2, 0.25) is 0 Å². The third-order valence-electron chi connectivity index (χ3n) is 2.90. The van der Waals surface area contributed by atoms with Gasteiger partial charge in [-0.1, -0.05) is 11.8 Å². The number of Topliss-reactive ketones (excluding diaryl/α,β-unsaturated/α-hetero) is 1. The molecule has 0 saturated heterocycles. The minimum Gasteiger partial charge on any atom is -0.497 e. The Labute approximate surface area is 126 Å². The summed E-state index contributed by atoms with van der Waals surface area (Å²) in [4.78, 5) is 11.3. The summed E-state index contributed by atoms with van der Waals surface area (Å²) >= 11 is 1.23. The van der Waals surface area contributed by atoms with Crippen LogP contribution in [-0.4, -0.2) is 35.5 Å². The van der Waals surface area contributed by atoms with Gasteiger partial charge in [0.1, 0.15) is 17.3 Å². The average Bonchev–Trinajstić information content (AvgIpc) is 2.94. The number of carbonyl (C=O) groups excluding carboxylic acids is 1. The Kier molecular flexibility index (Phi) is 4.85. The number of ketones is 1. The van der Waals surface area contributed by atoms with E-state index in [0.717, 1.165) is 0 Å². The summed E-state index contributed by atoms with van der Waals surface area (Å²) in [7, 11) is 3.14. The van der Waals surface area contributed by atoms with Gasteiger partial charge >= 0.3 is 0 Å². The van der Waals surface area contributed by atoms with Crippen LogP contribution < -0.4 is 9.47 Å². The second-order valence-corrected chi connectivity index (χ2v) is 5.60. The molecule has 0 spiro atoms. The van der Waals surface area contributed by atoms with E-state index in [9.17, 15) is 4.79 Å². The lowest BCUT2D eigenvalue weighted by Crippen LogP contribution is -2.07. The van der Waals surface area contributed by atoms with Gasteiger partial charge in [0, 0.05) is 6.07 Å². The van der Waals surface area contributed by atoms with Crippen LogP contribution in [0.25, 0.3) is 11.5 Å². The predicted octanol–water partition coefficient (Wildman–Crippen LogP) is 2.82. The fourth-order valence-corrected chi connectivity index (χ4v) is 2.26. The predicted molar refractivity (Wildman–Crippen MR) is 78.8 cm³/mol. The Hall–Kier alpha value is -2.02. The molecule has 0 fully saturated rings. The van der Waals surface area contributed by atoms with E-state index in [1.165, 1.54) is 18.7 Å². The third kappa shape index (κ3) is 3.55. The van der Waals surface area contributed by atoms with Gasteiger partial charge in [-0.2, -0.15) is 0 Å². The molecule has 6 nitrogen and oxygen atoms in total. The fraction of sp³-hybridized carbons (Fsp3) is 0.357. The van der Waals surface area contributed by atoms with Crippen LogP contribution >= 0.6 is 11.8 Å². The maximum Gasteiger partial charge on any atom is 0.277 e. The average molecular weight is 308 g/mol. The third-order valence-corrected chi connectivity index (χ3v) is 3.95. The molecule has 112 valence electrons. The van der Waals surface area contributed by atoms with Crippen molar-refractivity contribution in [2.45, 2.75) is 24.3 Å². The van der Waals surface area contributed by atoms with Crippen molar-refractivity contribution in [3.8, 4) is 23.0 Å². The van der Waals surface area contributed by atoms with Gasteiger partial charge in [-0.3, -0.25) is 4.79 Å². The molecule has 0 amide bonds. The lowest BCUT2D eigenvalue weighted by Gasteiger charge is -2.07. The maximum absolute atomic E-state index is 11.3. The smallest absolute Gasteiger partial charge is 0.277 e. The Bertz CT molecular complexity index is 642. The van der Waals surface area contributed by atoms with Gasteiger partial charge in [0.05, 0.1) is 25.0 Å². The lowest BCUT2D eigenvalue weighted by molar-refractivity contribution is -0.116. The summed E-state index contributed by atoms with van der Waals surface area (Å²) < 4.78 is 16.0. The Morgan fingerprint density at radius 2 is 2.05 bits per heavy atom. The molecule has 1 heterocycles. The van der Waals surface area contributed by atoms with Crippen LogP contribution in [0.4, 0.5) is 0 Å². The topological polar surface area (TPSA) is 74.5 Å². The molecular weight excluding hydrogens is 292 g/mol. The zero-order valence-electron chi connectivity index (χ0n) is 12.2. The maximum atomic E-state index is 11.3. The van der Waals surface area contributed by atoms with Crippen molar-refractivity contribution in [1.29, 1.82) is 0 Å². The van der Waals surface area contributed by atoms with Gasteiger partial charge in [0.25, 0.3) is 11.1 Å². The van der Waals surface area contributed by atoms with Crippen molar-refractivity contribution in [2.75, 3.05) is 14.2 Å². The molecule has 2 rings (SSSR count). The number of benzene rings is 1. The van der Waals surface area contributed by atoms with Crippen LogP contribution in [0.3, 0.4) is 0 Å². The normalized spacial score (nSPS) is 12.0. The molecule has 0 N–H and O–H groups in total. The van der Waals surface area contributed by atoms with Crippen molar-refractivity contribution >= 4 is 17.5 Å². The van der Waals surface area contributed by atoms with Crippen molar-refractivity contribution in [2.24, 2.45) is 0 Å². The largest absolute Gasteiger partial charge is 0.497 e. The van der Waals surface area contributed by atoms with Crippen LogP contribution in [0.5, 0.6) is 11.5 Å². The van der Waals surface area contributed by atoms with Crippen LogP contribution in [-0.2, 0) is 4.79 Å². The molecule has 0 bridgehead atoms. The number of methoxy groups -OCH3 is 2. The minimum absolute atomic E-state index is 0.0572. The zero-order chi connectivity index (χ0) is 15.4. The molecule has 0 saturated carbocycles. The van der Waals surface area contributed by atoms with E-state index in [2.05, 4.69) is 10.2 Å². The first-order valence-corrected chi connectivity index (χ1v) is 7.16. The Morgan fingerprint density at radius 3 is 2.67 bits per heavy atom. The van der Waals surface area contributed by atoms with Crippen molar-refractivity contribution in [3.63, 3.8) is 0 Å². The molecule has 1 atom stereocenters. The fourth-order valence-electron chi connectivity index (χ4n) is 1.58. The number of hydrogen-bond acceptors (Lipinski definition) is 7. The summed E-state index contributed by atoms with van der Waals surface area (Å²) in [5.74, 6) is 1.65. The van der Waals surface area contributed by atoms with E-state index >= 15 is 0 Å². The van der Waals surface area contributed by atoms with Gasteiger partial charge in [-0.05, 0) is 26.0 Å². The summed E-state index contributed by atoms with van der Waals surface area (Å²) in [5.41, 5.74) is 0.674. The molecule has 0 radical (unpaired) electrons. The lowest BCUT2D eigenvalue weighted by atomic mass is 10.2. The highest BCUT2D eigenvalue weighted by molar-refractivity contribution is 8.00. The Morgan fingerprint density at radius 1 is 1.29 bits per heavy atom. The zero-order valence-corrected chi connectivity index (χ0v) is 13.1. The summed E-state index contributed by atoms with van der Waals surface area (Å²) in [6.45, 7) is 3.33. The number of carbonyl (C=O) groups is 1. The molecule has 1 aromatic heterocycles. The Balaban J connectivity index is 2.27. The molecule has 0 aliphatic rings. The van der Waals surface area contributed by atoms with E-state index < -0.39 is 0 Å². The summed E-state index contributed by atoms with van der Waals surface area (Å²) in [6.07, 6.45) is 0. The highest BCUT2D eigenvalue weighted by Gasteiger charge is 2.18. The number of nitrogens with zero attached hydrogens (tertiary/aromatic N) is 2. The monoisotopic (exact) mass is 308 g/mol. The molecule has 21 heavy (non-hydrogen) atoms. The van der Waals surface area contributed by atoms with E-state index in [4.69, 9.17) is 13.9 Å². The van der Waals surface area contributed by atoms with Crippen molar-refractivity contribution in [1.82, 2.24) is 10.2 Å². The summed E-state index contributed by atoms with van der Waals surface area (Å²) in [6, 6.07) is 5.31. The van der Waals surface area contributed by atoms with E-state index in [0.29, 0.717) is 28.2 Å². The van der Waals surface area contributed by atoms with Gasteiger partial charge in [-0.25, -0.2) is 0 Å². The molecule has 2 aromatic rings. The summed E-state index contributed by atoms with van der Waals surface area (Å²) in [5, 5.41) is 8.06. The van der Waals surface area contributed by atoms with Crippen molar-refractivity contribution in [3.05, 3.63) is 18.2 Å². The number of ether oxygens (including phenoxy) is 2. The first-order chi connectivity index (χ1) is 10.0. The number of rotatable bonds is 6. The van der Waals surface area contributed by atoms with Gasteiger partial charge in [0.15, 0.2) is 0 Å². The number of aromatic nitrogens is 2. The molecular formula is C14H16N2O4S. The first-order valence-electron chi connectivity index (χ1n) is 6.28. The highest BCUT2D eigenvalue weighted by atomic mass is 32.2. The molecule has 0 aliphatic heterocycles. The van der Waals surface area contributed by atoms with E-state index in [1.54, 1.807) is 39.3 Å². The second kappa shape index (κ2) is 6.62. The molecule has 0 aliphatic carbocycles. The van der Waals surface area contributed by atoms with Crippen LogP contribution in [0.15, 0.2) is 27.8 Å². The minimum atomic E-state index is -0.226. The number of thioether (sulfide) groups is 1. The van der Waals surface area contributed by atoms with Crippen LogP contribution in [0, 0.1) is 0 Å². The van der Waals surface area contributed by atoms with Crippen LogP contribution in [0.1, 0.15) is 13.8 Å².